The summed E-state index contributed by atoms with van der Waals surface area (Å²) >= 11 is 0. The summed E-state index contributed by atoms with van der Waals surface area (Å²) in [5.74, 6) is 0. The third kappa shape index (κ3) is 2.73. The lowest BCUT2D eigenvalue weighted by atomic mass is 9.83. The molecule has 18 heavy (non-hydrogen) atoms. The summed E-state index contributed by atoms with van der Waals surface area (Å²) in [6, 6.07) is 0.653. The monoisotopic (exact) mass is 253 g/mol. The van der Waals surface area contributed by atoms with Gasteiger partial charge in [-0.3, -0.25) is 0 Å². The highest BCUT2D eigenvalue weighted by Crippen LogP contribution is 2.36. The van der Waals surface area contributed by atoms with E-state index in [1.54, 1.807) is 0 Å². The summed E-state index contributed by atoms with van der Waals surface area (Å²) < 4.78 is 11.6. The van der Waals surface area contributed by atoms with Gasteiger partial charge < -0.3 is 14.8 Å². The van der Waals surface area contributed by atoms with Gasteiger partial charge >= 0.3 is 0 Å². The molecule has 1 saturated carbocycles. The van der Waals surface area contributed by atoms with Crippen molar-refractivity contribution in [2.45, 2.75) is 75.5 Å². The van der Waals surface area contributed by atoms with Gasteiger partial charge in [-0.25, -0.2) is 0 Å². The highest BCUT2D eigenvalue weighted by molar-refractivity contribution is 4.96. The molecule has 3 rings (SSSR count). The van der Waals surface area contributed by atoms with Crippen molar-refractivity contribution in [3.8, 4) is 0 Å². The molecule has 0 aromatic rings. The molecule has 104 valence electrons. The summed E-state index contributed by atoms with van der Waals surface area (Å²) in [4.78, 5) is 0. The average Bonchev–Trinajstić information content (AvgIpc) is 2.77. The summed E-state index contributed by atoms with van der Waals surface area (Å²) in [6.45, 7) is 5.09. The molecule has 1 aliphatic carbocycles. The van der Waals surface area contributed by atoms with Crippen LogP contribution in [0.4, 0.5) is 0 Å². The molecule has 0 bridgehead atoms. The van der Waals surface area contributed by atoms with Gasteiger partial charge in [0.2, 0.25) is 0 Å². The van der Waals surface area contributed by atoms with Crippen molar-refractivity contribution in [2.24, 2.45) is 0 Å². The van der Waals surface area contributed by atoms with Crippen LogP contribution in [0.2, 0.25) is 0 Å². The topological polar surface area (TPSA) is 30.5 Å². The molecule has 1 spiro atoms. The largest absolute Gasteiger partial charge is 0.381 e. The molecule has 2 aliphatic heterocycles. The maximum absolute atomic E-state index is 6.11. The first-order chi connectivity index (χ1) is 8.70. The van der Waals surface area contributed by atoms with Crippen LogP contribution in [0, 0.1) is 0 Å². The highest BCUT2D eigenvalue weighted by atomic mass is 16.5. The zero-order valence-corrected chi connectivity index (χ0v) is 11.7. The van der Waals surface area contributed by atoms with Crippen LogP contribution in [0.1, 0.15) is 58.3 Å². The minimum Gasteiger partial charge on any atom is -0.381 e. The number of hydrogen-bond acceptors (Lipinski definition) is 3. The normalized spacial score (nSPS) is 34.8. The second kappa shape index (κ2) is 5.10. The number of ether oxygens (including phenoxy) is 2. The first kappa shape index (κ1) is 12.9. The summed E-state index contributed by atoms with van der Waals surface area (Å²) in [5.41, 5.74) is 0.525. The smallest absolute Gasteiger partial charge is 0.0741 e. The van der Waals surface area contributed by atoms with E-state index in [0.717, 1.165) is 32.7 Å². The van der Waals surface area contributed by atoms with Crippen molar-refractivity contribution in [1.82, 2.24) is 5.32 Å². The van der Waals surface area contributed by atoms with Gasteiger partial charge in [0.1, 0.15) is 0 Å². The Morgan fingerprint density at radius 3 is 2.44 bits per heavy atom. The van der Waals surface area contributed by atoms with Gasteiger partial charge in [-0.15, -0.1) is 0 Å². The van der Waals surface area contributed by atoms with Crippen molar-refractivity contribution in [1.29, 1.82) is 0 Å². The second-order valence-corrected chi connectivity index (χ2v) is 6.75. The Morgan fingerprint density at radius 2 is 1.72 bits per heavy atom. The summed E-state index contributed by atoms with van der Waals surface area (Å²) in [6.07, 6.45) is 10.0. The maximum atomic E-state index is 6.11. The predicted octanol–water partition coefficient (Wildman–Crippen LogP) is 2.64. The Labute approximate surface area is 111 Å². The molecule has 2 heterocycles. The van der Waals surface area contributed by atoms with Crippen molar-refractivity contribution in [3.63, 3.8) is 0 Å². The zero-order chi connectivity index (χ0) is 12.5. The van der Waals surface area contributed by atoms with E-state index in [1.807, 2.05) is 0 Å². The van der Waals surface area contributed by atoms with Gasteiger partial charge in [-0.2, -0.15) is 0 Å². The number of rotatable bonds is 2. The molecule has 0 amide bonds. The van der Waals surface area contributed by atoms with Crippen LogP contribution in [0.15, 0.2) is 0 Å². The van der Waals surface area contributed by atoms with Gasteiger partial charge in [0.15, 0.2) is 0 Å². The molecule has 3 aliphatic rings. The molecule has 3 fully saturated rings. The van der Waals surface area contributed by atoms with Gasteiger partial charge in [-0.05, 0) is 45.4 Å². The van der Waals surface area contributed by atoms with Crippen molar-refractivity contribution >= 4 is 0 Å². The fraction of sp³-hybridized carbons (Fsp3) is 1.00. The van der Waals surface area contributed by atoms with Crippen LogP contribution in [0.3, 0.4) is 0 Å². The Bertz CT molecular complexity index is 275. The maximum Gasteiger partial charge on any atom is 0.0741 e. The summed E-state index contributed by atoms with van der Waals surface area (Å²) in [7, 11) is 0. The van der Waals surface area contributed by atoms with Gasteiger partial charge in [0.05, 0.1) is 5.60 Å². The second-order valence-electron chi connectivity index (χ2n) is 6.75. The Morgan fingerprint density at radius 1 is 1.00 bits per heavy atom. The molecule has 3 heteroatoms. The lowest BCUT2D eigenvalue weighted by molar-refractivity contribution is -0.141. The van der Waals surface area contributed by atoms with E-state index in [2.05, 4.69) is 12.2 Å². The van der Waals surface area contributed by atoms with E-state index >= 15 is 0 Å². The molecule has 1 unspecified atom stereocenters. The molecule has 2 saturated heterocycles. The SMILES string of the molecule is CC1(NC2CCOC3(CCOCC3)C2)CCCC1. The van der Waals surface area contributed by atoms with Crippen LogP contribution in [-0.4, -0.2) is 37.0 Å². The molecule has 3 nitrogen and oxygen atoms in total. The van der Waals surface area contributed by atoms with Crippen LogP contribution < -0.4 is 5.32 Å². The summed E-state index contributed by atoms with van der Waals surface area (Å²) in [5, 5.41) is 3.94. The van der Waals surface area contributed by atoms with Gasteiger partial charge in [0, 0.05) is 31.4 Å². The fourth-order valence-corrected chi connectivity index (χ4v) is 4.04. The Kier molecular flexibility index (Phi) is 3.65. The minimum atomic E-state index is 0.128. The predicted molar refractivity (Wildman–Crippen MR) is 71.8 cm³/mol. The molecule has 0 radical (unpaired) electrons. The fourth-order valence-electron chi connectivity index (χ4n) is 4.04. The Balaban J connectivity index is 1.59. The van der Waals surface area contributed by atoms with Crippen molar-refractivity contribution in [2.75, 3.05) is 19.8 Å². The quantitative estimate of drug-likeness (QED) is 0.820. The highest BCUT2D eigenvalue weighted by Gasteiger charge is 2.41. The van der Waals surface area contributed by atoms with E-state index < -0.39 is 0 Å². The van der Waals surface area contributed by atoms with E-state index in [0.29, 0.717) is 11.6 Å². The average molecular weight is 253 g/mol. The van der Waals surface area contributed by atoms with Crippen LogP contribution in [-0.2, 0) is 9.47 Å². The van der Waals surface area contributed by atoms with E-state index in [-0.39, 0.29) is 5.60 Å². The van der Waals surface area contributed by atoms with E-state index in [9.17, 15) is 0 Å². The third-order valence-corrected chi connectivity index (χ3v) is 5.16. The van der Waals surface area contributed by atoms with Gasteiger partial charge in [0.25, 0.3) is 0 Å². The van der Waals surface area contributed by atoms with Crippen LogP contribution in [0.25, 0.3) is 0 Å². The minimum absolute atomic E-state index is 0.128. The zero-order valence-electron chi connectivity index (χ0n) is 11.7. The first-order valence-corrected chi connectivity index (χ1v) is 7.69. The molecule has 1 atom stereocenters. The lowest BCUT2D eigenvalue weighted by Crippen LogP contribution is -2.54. The van der Waals surface area contributed by atoms with Crippen LogP contribution >= 0.6 is 0 Å². The van der Waals surface area contributed by atoms with E-state index in [4.69, 9.17) is 9.47 Å². The van der Waals surface area contributed by atoms with Crippen molar-refractivity contribution in [3.05, 3.63) is 0 Å². The molecule has 0 aromatic heterocycles. The first-order valence-electron chi connectivity index (χ1n) is 7.69. The number of hydrogen-bond donors (Lipinski definition) is 1. The molecule has 1 N–H and O–H groups in total. The van der Waals surface area contributed by atoms with E-state index in [1.165, 1.54) is 38.5 Å². The molecular formula is C15H27NO2. The van der Waals surface area contributed by atoms with Gasteiger partial charge in [-0.1, -0.05) is 12.8 Å². The molecule has 0 aromatic carbocycles. The van der Waals surface area contributed by atoms with Crippen LogP contribution in [0.5, 0.6) is 0 Å². The molecular weight excluding hydrogens is 226 g/mol. The third-order valence-electron chi connectivity index (χ3n) is 5.16. The van der Waals surface area contributed by atoms with Crippen molar-refractivity contribution < 1.29 is 9.47 Å². The lowest BCUT2D eigenvalue weighted by Gasteiger charge is -2.45. The Hall–Kier alpha value is -0.120. The number of nitrogens with one attached hydrogen (secondary N) is 1. The standard InChI is InChI=1S/C15H27NO2/c1-14(5-2-3-6-14)16-13-4-9-18-15(12-13)7-10-17-11-8-15/h13,16H,2-12H2,1H3.